The lowest BCUT2D eigenvalue weighted by Gasteiger charge is -2.19. The number of halogens is 3. The Hall–Kier alpha value is -2.49. The van der Waals surface area contributed by atoms with Crippen LogP contribution in [0.3, 0.4) is 0 Å². The first-order valence-electron chi connectivity index (χ1n) is 6.77. The molecule has 23 heavy (non-hydrogen) atoms. The van der Waals surface area contributed by atoms with Crippen molar-refractivity contribution < 1.29 is 22.7 Å². The second kappa shape index (κ2) is 7.18. The molecule has 0 unspecified atom stereocenters. The van der Waals surface area contributed by atoms with E-state index in [4.69, 9.17) is 10.00 Å². The number of nitrogens with zero attached hydrogens (tertiary/aromatic N) is 1. The van der Waals surface area contributed by atoms with Gasteiger partial charge in [-0.3, -0.25) is 0 Å². The summed E-state index contributed by atoms with van der Waals surface area (Å²) in [7, 11) is 0. The smallest absolute Gasteiger partial charge is 0.417 e. The minimum absolute atomic E-state index is 0.107. The van der Waals surface area contributed by atoms with Crippen molar-refractivity contribution in [1.29, 1.82) is 5.26 Å². The molecule has 0 saturated heterocycles. The molecule has 1 amide bonds. The number of hydrogen-bond acceptors (Lipinski definition) is 3. The number of rotatable bonds is 3. The van der Waals surface area contributed by atoms with Gasteiger partial charge in [0.25, 0.3) is 0 Å². The van der Waals surface area contributed by atoms with Crippen LogP contribution in [0.5, 0.6) is 0 Å². The van der Waals surface area contributed by atoms with Crippen molar-refractivity contribution in [2.45, 2.75) is 32.5 Å². The lowest BCUT2D eigenvalue weighted by atomic mass is 10.0. The summed E-state index contributed by atoms with van der Waals surface area (Å²) in [6.45, 7) is 5.27. The van der Waals surface area contributed by atoms with Crippen molar-refractivity contribution in [2.75, 3.05) is 6.54 Å². The molecular weight excluding hydrogens is 309 g/mol. The van der Waals surface area contributed by atoms with E-state index in [2.05, 4.69) is 5.32 Å². The van der Waals surface area contributed by atoms with Gasteiger partial charge >= 0.3 is 12.3 Å². The fourth-order valence-electron chi connectivity index (χ4n) is 1.65. The standard InChI is InChI=1S/C16H17F3N2O2/c1-15(2,3)23-14(22)21-8-4-5-11-6-7-12(10-20)13(9-11)16(17,18)19/h4-7,9H,8H2,1-3H3,(H,21,22). The van der Waals surface area contributed by atoms with Crippen LogP contribution in [0, 0.1) is 11.3 Å². The lowest BCUT2D eigenvalue weighted by molar-refractivity contribution is -0.137. The zero-order valence-electron chi connectivity index (χ0n) is 13.0. The molecule has 0 aliphatic rings. The number of nitrogens with one attached hydrogen (secondary N) is 1. The topological polar surface area (TPSA) is 62.1 Å². The summed E-state index contributed by atoms with van der Waals surface area (Å²) < 4.78 is 43.5. The molecule has 124 valence electrons. The van der Waals surface area contributed by atoms with Gasteiger partial charge in [0.15, 0.2) is 0 Å². The fraction of sp³-hybridized carbons (Fsp3) is 0.375. The summed E-state index contributed by atoms with van der Waals surface area (Å²) in [5.74, 6) is 0. The van der Waals surface area contributed by atoms with Crippen molar-refractivity contribution in [1.82, 2.24) is 5.32 Å². The molecule has 7 heteroatoms. The minimum Gasteiger partial charge on any atom is -0.444 e. The Morgan fingerprint density at radius 3 is 2.52 bits per heavy atom. The average molecular weight is 326 g/mol. The summed E-state index contributed by atoms with van der Waals surface area (Å²) in [4.78, 5) is 11.4. The molecule has 4 nitrogen and oxygen atoms in total. The van der Waals surface area contributed by atoms with Gasteiger partial charge in [-0.15, -0.1) is 0 Å². The SMILES string of the molecule is CC(C)(C)OC(=O)NCC=Cc1ccc(C#N)c(C(F)(F)F)c1. The van der Waals surface area contributed by atoms with E-state index in [9.17, 15) is 18.0 Å². The highest BCUT2D eigenvalue weighted by Gasteiger charge is 2.33. The van der Waals surface area contributed by atoms with Crippen LogP contribution in [-0.4, -0.2) is 18.2 Å². The molecule has 0 spiro atoms. The van der Waals surface area contributed by atoms with Gasteiger partial charge in [-0.05, 0) is 38.5 Å². The molecule has 0 fully saturated rings. The van der Waals surface area contributed by atoms with Crippen molar-refractivity contribution in [3.05, 3.63) is 41.0 Å². The maximum atomic E-state index is 12.8. The van der Waals surface area contributed by atoms with Gasteiger partial charge in [-0.1, -0.05) is 18.2 Å². The number of hydrogen-bond donors (Lipinski definition) is 1. The zero-order valence-corrected chi connectivity index (χ0v) is 13.0. The third-order valence-electron chi connectivity index (χ3n) is 2.54. The summed E-state index contributed by atoms with van der Waals surface area (Å²) in [6.07, 6.45) is -2.29. The van der Waals surface area contributed by atoms with Gasteiger partial charge in [-0.2, -0.15) is 18.4 Å². The van der Waals surface area contributed by atoms with Crippen LogP contribution < -0.4 is 5.32 Å². The van der Waals surface area contributed by atoms with Gasteiger partial charge in [-0.25, -0.2) is 4.79 Å². The van der Waals surface area contributed by atoms with Crippen LogP contribution in [0.15, 0.2) is 24.3 Å². The first kappa shape index (κ1) is 18.6. The van der Waals surface area contributed by atoms with Crippen LogP contribution in [-0.2, 0) is 10.9 Å². The van der Waals surface area contributed by atoms with Crippen LogP contribution >= 0.6 is 0 Å². The predicted octanol–water partition coefficient (Wildman–Crippen LogP) is 4.11. The molecule has 0 aromatic heterocycles. The fourth-order valence-corrected chi connectivity index (χ4v) is 1.65. The summed E-state index contributed by atoms with van der Waals surface area (Å²) in [5, 5.41) is 11.2. The molecule has 1 aromatic carbocycles. The second-order valence-electron chi connectivity index (χ2n) is 5.70. The van der Waals surface area contributed by atoms with Gasteiger partial charge in [0.2, 0.25) is 0 Å². The third-order valence-corrected chi connectivity index (χ3v) is 2.54. The van der Waals surface area contributed by atoms with Crippen LogP contribution in [0.4, 0.5) is 18.0 Å². The number of ether oxygens (including phenoxy) is 1. The highest BCUT2D eigenvalue weighted by molar-refractivity contribution is 5.68. The molecular formula is C16H17F3N2O2. The van der Waals surface area contributed by atoms with Crippen LogP contribution in [0.2, 0.25) is 0 Å². The zero-order chi connectivity index (χ0) is 17.7. The first-order valence-corrected chi connectivity index (χ1v) is 6.77. The Labute approximate surface area is 132 Å². The molecule has 0 aliphatic carbocycles. The molecule has 0 saturated carbocycles. The molecule has 1 N–H and O–H groups in total. The number of alkyl halides is 3. The van der Waals surface area contributed by atoms with Gasteiger partial charge in [0.05, 0.1) is 17.2 Å². The number of nitriles is 1. The predicted molar refractivity (Wildman–Crippen MR) is 79.4 cm³/mol. The maximum Gasteiger partial charge on any atom is 0.417 e. The van der Waals surface area contributed by atoms with Crippen LogP contribution in [0.25, 0.3) is 6.08 Å². The molecule has 0 heterocycles. The lowest BCUT2D eigenvalue weighted by Crippen LogP contribution is -2.32. The quantitative estimate of drug-likeness (QED) is 0.909. The van der Waals surface area contributed by atoms with E-state index in [1.807, 2.05) is 0 Å². The van der Waals surface area contributed by atoms with E-state index < -0.39 is 29.0 Å². The molecule has 0 bridgehead atoms. The Morgan fingerprint density at radius 2 is 2.00 bits per heavy atom. The van der Waals surface area contributed by atoms with Crippen LogP contribution in [0.1, 0.15) is 37.5 Å². The Bertz CT molecular complexity index is 638. The molecule has 1 aromatic rings. The number of carbonyl (C=O) groups is 1. The monoisotopic (exact) mass is 326 g/mol. The van der Waals surface area contributed by atoms with Gasteiger partial charge < -0.3 is 10.1 Å². The molecule has 0 radical (unpaired) electrons. The number of amides is 1. The van der Waals surface area contributed by atoms with E-state index in [1.165, 1.54) is 24.3 Å². The summed E-state index contributed by atoms with van der Waals surface area (Å²) >= 11 is 0. The van der Waals surface area contributed by atoms with E-state index in [0.29, 0.717) is 0 Å². The van der Waals surface area contributed by atoms with Gasteiger partial charge in [0.1, 0.15) is 5.60 Å². The first-order chi connectivity index (χ1) is 10.5. The summed E-state index contributed by atoms with van der Waals surface area (Å²) in [6, 6.07) is 4.92. The Kier molecular flexibility index (Phi) is 5.79. The number of alkyl carbamates (subject to hydrolysis) is 1. The van der Waals surface area contributed by atoms with E-state index >= 15 is 0 Å². The van der Waals surface area contributed by atoms with Gasteiger partial charge in [0, 0.05) is 6.54 Å². The highest BCUT2D eigenvalue weighted by Crippen LogP contribution is 2.32. The summed E-state index contributed by atoms with van der Waals surface area (Å²) in [5.41, 5.74) is -1.76. The van der Waals surface area contributed by atoms with E-state index in [-0.39, 0.29) is 12.1 Å². The largest absolute Gasteiger partial charge is 0.444 e. The molecule has 1 rings (SSSR count). The second-order valence-corrected chi connectivity index (χ2v) is 5.70. The molecule has 0 aliphatic heterocycles. The molecule has 0 atom stereocenters. The van der Waals surface area contributed by atoms with Crippen molar-refractivity contribution in [3.8, 4) is 6.07 Å². The highest BCUT2D eigenvalue weighted by atomic mass is 19.4. The van der Waals surface area contributed by atoms with E-state index in [0.717, 1.165) is 12.1 Å². The van der Waals surface area contributed by atoms with Crippen molar-refractivity contribution in [3.63, 3.8) is 0 Å². The Balaban J connectivity index is 2.72. The normalized spacial score (nSPS) is 12.0. The minimum atomic E-state index is -4.59. The third kappa shape index (κ3) is 6.43. The number of carbonyl (C=O) groups excluding carboxylic acids is 1. The Morgan fingerprint density at radius 1 is 1.35 bits per heavy atom. The van der Waals surface area contributed by atoms with E-state index in [1.54, 1.807) is 20.8 Å². The number of benzene rings is 1. The average Bonchev–Trinajstić information content (AvgIpc) is 2.40. The van der Waals surface area contributed by atoms with Crippen molar-refractivity contribution in [2.24, 2.45) is 0 Å². The van der Waals surface area contributed by atoms with Crippen molar-refractivity contribution >= 4 is 12.2 Å². The maximum absolute atomic E-state index is 12.8.